The lowest BCUT2D eigenvalue weighted by Crippen LogP contribution is -2.36. The van der Waals surface area contributed by atoms with Crippen LogP contribution in [0.15, 0.2) is 48.5 Å². The molecular weight excluding hydrogens is 797 g/mol. The van der Waals surface area contributed by atoms with E-state index in [0.29, 0.717) is 107 Å². The first-order chi connectivity index (χ1) is 30.6. The van der Waals surface area contributed by atoms with E-state index in [-0.39, 0.29) is 17.7 Å². The minimum Gasteiger partial charge on any atom is -0.493 e. The molecule has 2 aliphatic carbocycles. The number of fused-ring (bicyclic) bond motifs is 6. The van der Waals surface area contributed by atoms with Crippen molar-refractivity contribution < 1.29 is 38.0 Å². The Bertz CT molecular complexity index is 2210. The molecule has 1 heterocycles. The second-order valence-corrected chi connectivity index (χ2v) is 16.2. The topological polar surface area (TPSA) is 157 Å². The van der Waals surface area contributed by atoms with Gasteiger partial charge in [0.05, 0.1) is 55.5 Å². The minimum absolute atomic E-state index is 0.0160. The second-order valence-electron chi connectivity index (χ2n) is 16.2. The highest BCUT2D eigenvalue weighted by atomic mass is 16.5. The third-order valence-electron chi connectivity index (χ3n) is 11.7. The van der Waals surface area contributed by atoms with Crippen molar-refractivity contribution in [2.24, 2.45) is 0 Å². The van der Waals surface area contributed by atoms with Gasteiger partial charge in [0, 0.05) is 58.1 Å². The van der Waals surface area contributed by atoms with Crippen LogP contribution in [0, 0.1) is 0 Å². The molecule has 12 nitrogen and oxygen atoms in total. The Kier molecular flexibility index (Phi) is 16.6. The minimum atomic E-state index is -0.108. The van der Waals surface area contributed by atoms with E-state index in [4.69, 9.17) is 39.9 Å². The molecular formula is C51H68N4O8. The molecule has 2 unspecified atom stereocenters. The zero-order valence-corrected chi connectivity index (χ0v) is 38.5. The summed E-state index contributed by atoms with van der Waals surface area (Å²) in [5.74, 6) is 3.40. The van der Waals surface area contributed by atoms with E-state index in [2.05, 4.69) is 44.8 Å². The van der Waals surface area contributed by atoms with Gasteiger partial charge in [-0.15, -0.1) is 0 Å². The SMILES string of the molecule is CCCOc1cc(OCCC)c2c(c1N)C(=O)c1cccc(OC(C)C3CCCN3)c1-2.CCCOc1cc(OCCC)c2c(c1N)C(=O)c1cccc(OCCCN(CC)CC)c1-2. The van der Waals surface area contributed by atoms with Gasteiger partial charge in [-0.2, -0.15) is 0 Å². The van der Waals surface area contributed by atoms with E-state index in [1.165, 1.54) is 0 Å². The Morgan fingerprint density at radius 3 is 1.52 bits per heavy atom. The van der Waals surface area contributed by atoms with Crippen LogP contribution in [0.5, 0.6) is 34.5 Å². The van der Waals surface area contributed by atoms with E-state index in [9.17, 15) is 9.59 Å². The number of anilines is 2. The summed E-state index contributed by atoms with van der Waals surface area (Å²) in [6.45, 7) is 21.3. The number of hydrogen-bond donors (Lipinski definition) is 3. The standard InChI is InChI=1S/C26H36N2O4.C25H32N2O4/c1-5-14-30-20-17-21(31-15-6-2)25(27)24-23(20)22-18(26(24)29)11-9-12-19(22)32-16-10-13-28(7-3)8-4;1-4-12-29-19-14-20(30-13-5-2)24(26)23-22(19)21-16(25(23)28)8-6-10-18(21)31-15(3)17-9-7-11-27-17/h9,11-12,17H,5-8,10,13-16,27H2,1-4H3;6,8,10,14-15,17,27H,4-5,7,9,11-13,26H2,1-3H3. The molecule has 1 saturated heterocycles. The second kappa shape index (κ2) is 22.2. The van der Waals surface area contributed by atoms with E-state index >= 15 is 0 Å². The summed E-state index contributed by atoms with van der Waals surface area (Å²) in [6.07, 6.45) is 6.54. The first-order valence-electron chi connectivity index (χ1n) is 23.2. The molecule has 2 atom stereocenters. The predicted octanol–water partition coefficient (Wildman–Crippen LogP) is 9.75. The van der Waals surface area contributed by atoms with Gasteiger partial charge in [0.25, 0.3) is 0 Å². The fourth-order valence-electron chi connectivity index (χ4n) is 8.43. The largest absolute Gasteiger partial charge is 0.493 e. The van der Waals surface area contributed by atoms with Crippen LogP contribution in [-0.4, -0.2) is 87.8 Å². The smallest absolute Gasteiger partial charge is 0.196 e. The number of benzene rings is 4. The predicted molar refractivity (Wildman–Crippen MR) is 252 cm³/mol. The van der Waals surface area contributed by atoms with Crippen LogP contribution in [-0.2, 0) is 0 Å². The van der Waals surface area contributed by atoms with E-state index in [0.717, 1.165) is 93.4 Å². The number of hydrogen-bond acceptors (Lipinski definition) is 12. The molecule has 0 aromatic heterocycles. The molecule has 0 radical (unpaired) electrons. The first-order valence-corrected chi connectivity index (χ1v) is 23.2. The first kappa shape index (κ1) is 47.0. The molecule has 1 aliphatic heterocycles. The van der Waals surface area contributed by atoms with Gasteiger partial charge in [-0.3, -0.25) is 9.59 Å². The van der Waals surface area contributed by atoms with Crippen molar-refractivity contribution in [1.82, 2.24) is 10.2 Å². The number of ketones is 2. The summed E-state index contributed by atoms with van der Waals surface area (Å²) in [7, 11) is 0. The van der Waals surface area contributed by atoms with E-state index in [1.807, 2.05) is 62.4 Å². The van der Waals surface area contributed by atoms with Gasteiger partial charge in [-0.25, -0.2) is 0 Å². The van der Waals surface area contributed by atoms with Crippen molar-refractivity contribution in [1.29, 1.82) is 0 Å². The monoisotopic (exact) mass is 865 g/mol. The van der Waals surface area contributed by atoms with Crippen molar-refractivity contribution in [3.8, 4) is 56.8 Å². The lowest BCUT2D eigenvalue weighted by atomic mass is 10.0. The number of nitrogens with two attached hydrogens (primary N) is 2. The number of nitrogen functional groups attached to an aromatic ring is 2. The van der Waals surface area contributed by atoms with Gasteiger partial charge in [0.1, 0.15) is 40.6 Å². The van der Waals surface area contributed by atoms with Crippen molar-refractivity contribution in [3.63, 3.8) is 0 Å². The molecule has 4 aromatic carbocycles. The maximum atomic E-state index is 13.4. The summed E-state index contributed by atoms with van der Waals surface area (Å²) in [5.41, 5.74) is 18.7. The fourth-order valence-corrected chi connectivity index (χ4v) is 8.43. The van der Waals surface area contributed by atoms with Gasteiger partial charge >= 0.3 is 0 Å². The zero-order valence-electron chi connectivity index (χ0n) is 38.5. The lowest BCUT2D eigenvalue weighted by Gasteiger charge is -2.23. The van der Waals surface area contributed by atoms with E-state index < -0.39 is 0 Å². The molecule has 0 amide bonds. The van der Waals surface area contributed by atoms with Crippen LogP contribution in [0.1, 0.15) is 125 Å². The maximum Gasteiger partial charge on any atom is 0.196 e. The molecule has 5 N–H and O–H groups in total. The van der Waals surface area contributed by atoms with Crippen molar-refractivity contribution in [3.05, 3.63) is 70.8 Å². The number of nitrogens with one attached hydrogen (secondary N) is 1. The quantitative estimate of drug-likeness (QED) is 0.0439. The van der Waals surface area contributed by atoms with Crippen molar-refractivity contribution in [2.75, 3.05) is 70.7 Å². The summed E-state index contributed by atoms with van der Waals surface area (Å²) in [4.78, 5) is 29.1. The molecule has 0 bridgehead atoms. The molecule has 1 fully saturated rings. The van der Waals surface area contributed by atoms with Gasteiger partial charge < -0.3 is 50.1 Å². The summed E-state index contributed by atoms with van der Waals surface area (Å²) >= 11 is 0. The molecule has 4 aromatic rings. The number of ether oxygens (including phenoxy) is 6. The van der Waals surface area contributed by atoms with Crippen LogP contribution < -0.4 is 45.2 Å². The average Bonchev–Trinajstić information content (AvgIpc) is 4.03. The van der Waals surface area contributed by atoms with Crippen LogP contribution in [0.3, 0.4) is 0 Å². The number of carbonyl (C=O) groups excluding carboxylic acids is 2. The molecule has 0 spiro atoms. The Labute approximate surface area is 373 Å². The normalized spacial score (nSPS) is 15.0. The lowest BCUT2D eigenvalue weighted by molar-refractivity contribution is 0.103. The zero-order chi connectivity index (χ0) is 45.0. The average molecular weight is 865 g/mol. The molecule has 7 rings (SSSR count). The Hall–Kier alpha value is -5.46. The van der Waals surface area contributed by atoms with Gasteiger partial charge in [0.15, 0.2) is 11.6 Å². The van der Waals surface area contributed by atoms with Crippen molar-refractivity contribution in [2.45, 2.75) is 106 Å². The molecule has 3 aliphatic rings. The van der Waals surface area contributed by atoms with Crippen LogP contribution in [0.4, 0.5) is 11.4 Å². The number of nitrogens with zero attached hydrogens (tertiary/aromatic N) is 1. The summed E-state index contributed by atoms with van der Waals surface area (Å²) < 4.78 is 36.4. The third-order valence-corrected chi connectivity index (χ3v) is 11.7. The summed E-state index contributed by atoms with van der Waals surface area (Å²) in [5, 5.41) is 3.49. The highest BCUT2D eigenvalue weighted by Crippen LogP contribution is 2.53. The Morgan fingerprint density at radius 2 is 1.06 bits per heavy atom. The van der Waals surface area contributed by atoms with Crippen LogP contribution in [0.2, 0.25) is 0 Å². The maximum absolute atomic E-state index is 13.4. The van der Waals surface area contributed by atoms with E-state index in [1.54, 1.807) is 0 Å². The molecule has 63 heavy (non-hydrogen) atoms. The van der Waals surface area contributed by atoms with Crippen LogP contribution in [0.25, 0.3) is 22.3 Å². The van der Waals surface area contributed by atoms with Gasteiger partial charge in [-0.1, -0.05) is 65.8 Å². The Balaban J connectivity index is 0.000000210. The number of carbonyl (C=O) groups is 2. The highest BCUT2D eigenvalue weighted by molar-refractivity contribution is 6.27. The molecule has 340 valence electrons. The Morgan fingerprint density at radius 1 is 0.603 bits per heavy atom. The van der Waals surface area contributed by atoms with Gasteiger partial charge in [0.2, 0.25) is 0 Å². The fraction of sp³-hybridized carbons (Fsp3) is 0.490. The molecule has 0 saturated carbocycles. The molecule has 12 heteroatoms. The van der Waals surface area contributed by atoms with Gasteiger partial charge in [-0.05, 0) is 83.6 Å². The van der Waals surface area contributed by atoms with Crippen molar-refractivity contribution >= 4 is 22.9 Å². The number of rotatable bonds is 22. The summed E-state index contributed by atoms with van der Waals surface area (Å²) in [6, 6.07) is 15.2. The third kappa shape index (κ3) is 10.2. The van der Waals surface area contributed by atoms with Crippen LogP contribution >= 0.6 is 0 Å². The highest BCUT2D eigenvalue weighted by Gasteiger charge is 2.38.